The molecule has 1 atom stereocenters. The smallest absolute Gasteiger partial charge is 0.342 e. The molecule has 2 rings (SSSR count). The van der Waals surface area contributed by atoms with Gasteiger partial charge in [0.05, 0.1) is 12.2 Å². The number of aromatic nitrogens is 2. The number of hydrogen-bond donors (Lipinski definition) is 0. The predicted molar refractivity (Wildman–Crippen MR) is 85.9 cm³/mol. The molecule has 1 aromatic heterocycles. The lowest BCUT2D eigenvalue weighted by atomic mass is 10.1. The van der Waals surface area contributed by atoms with Crippen molar-refractivity contribution in [1.82, 2.24) is 14.7 Å². The Morgan fingerprint density at radius 2 is 1.96 bits per heavy atom. The first kappa shape index (κ1) is 16.7. The van der Waals surface area contributed by atoms with Crippen LogP contribution in [0.2, 0.25) is 0 Å². The summed E-state index contributed by atoms with van der Waals surface area (Å²) in [4.78, 5) is 25.8. The van der Waals surface area contributed by atoms with E-state index in [9.17, 15) is 9.59 Å². The molecule has 23 heavy (non-hydrogen) atoms. The zero-order valence-corrected chi connectivity index (χ0v) is 13.8. The highest BCUT2D eigenvalue weighted by Crippen LogP contribution is 2.18. The Morgan fingerprint density at radius 1 is 1.30 bits per heavy atom. The molecule has 0 bridgehead atoms. The van der Waals surface area contributed by atoms with E-state index in [0.29, 0.717) is 11.3 Å². The SMILES string of the molecule is Cc1c(C(=O)OCC(=O)N(C)[C@H](C)c2ccccc2)cnn1C. The average molecular weight is 315 g/mol. The number of aryl methyl sites for hydroxylation is 1. The second-order valence-electron chi connectivity index (χ2n) is 5.43. The molecule has 0 saturated heterocycles. The van der Waals surface area contributed by atoms with E-state index < -0.39 is 5.97 Å². The number of esters is 1. The van der Waals surface area contributed by atoms with E-state index in [1.54, 1.807) is 30.6 Å². The van der Waals surface area contributed by atoms with Gasteiger partial charge in [-0.15, -0.1) is 0 Å². The van der Waals surface area contributed by atoms with Gasteiger partial charge >= 0.3 is 5.97 Å². The summed E-state index contributed by atoms with van der Waals surface area (Å²) >= 11 is 0. The molecule has 0 saturated carbocycles. The molecule has 0 aliphatic heterocycles. The summed E-state index contributed by atoms with van der Waals surface area (Å²) in [5, 5.41) is 3.99. The standard InChI is InChI=1S/C17H21N3O3/c1-12(14-8-6-5-7-9-14)19(3)16(21)11-23-17(22)15-10-18-20(4)13(15)2/h5-10,12H,11H2,1-4H3/t12-/m1/s1. The highest BCUT2D eigenvalue weighted by molar-refractivity contribution is 5.92. The highest BCUT2D eigenvalue weighted by Gasteiger charge is 2.20. The van der Waals surface area contributed by atoms with Crippen LogP contribution in [0.5, 0.6) is 0 Å². The van der Waals surface area contributed by atoms with Crippen LogP contribution in [0.3, 0.4) is 0 Å². The van der Waals surface area contributed by atoms with Gasteiger partial charge in [0.2, 0.25) is 0 Å². The third kappa shape index (κ3) is 3.77. The summed E-state index contributed by atoms with van der Waals surface area (Å²) in [6.45, 7) is 3.41. The number of benzene rings is 1. The lowest BCUT2D eigenvalue weighted by Crippen LogP contribution is -2.33. The number of likely N-dealkylation sites (N-methyl/N-ethyl adjacent to an activating group) is 1. The number of amides is 1. The van der Waals surface area contributed by atoms with Crippen molar-refractivity contribution in [2.75, 3.05) is 13.7 Å². The molecule has 1 heterocycles. The van der Waals surface area contributed by atoms with Crippen molar-refractivity contribution in [3.05, 3.63) is 53.3 Å². The zero-order valence-electron chi connectivity index (χ0n) is 13.8. The molecular weight excluding hydrogens is 294 g/mol. The van der Waals surface area contributed by atoms with E-state index in [2.05, 4.69) is 5.10 Å². The van der Waals surface area contributed by atoms with Gasteiger partial charge in [0.1, 0.15) is 5.56 Å². The molecule has 6 heteroatoms. The number of carbonyl (C=O) groups is 2. The van der Waals surface area contributed by atoms with Crippen LogP contribution in [-0.2, 0) is 16.6 Å². The molecule has 1 amide bonds. The normalized spacial score (nSPS) is 11.8. The summed E-state index contributed by atoms with van der Waals surface area (Å²) in [5.41, 5.74) is 2.10. The summed E-state index contributed by atoms with van der Waals surface area (Å²) < 4.78 is 6.69. The van der Waals surface area contributed by atoms with Crippen LogP contribution in [0.4, 0.5) is 0 Å². The molecule has 2 aromatic rings. The fourth-order valence-electron chi connectivity index (χ4n) is 2.18. The lowest BCUT2D eigenvalue weighted by Gasteiger charge is -2.25. The first-order valence-electron chi connectivity index (χ1n) is 7.38. The molecule has 0 aliphatic carbocycles. The molecule has 0 fully saturated rings. The van der Waals surface area contributed by atoms with E-state index in [0.717, 1.165) is 5.56 Å². The van der Waals surface area contributed by atoms with Gasteiger partial charge in [-0.3, -0.25) is 9.48 Å². The van der Waals surface area contributed by atoms with Gasteiger partial charge in [0.25, 0.3) is 5.91 Å². The quantitative estimate of drug-likeness (QED) is 0.793. The van der Waals surface area contributed by atoms with Gasteiger partial charge in [-0.05, 0) is 19.4 Å². The Morgan fingerprint density at radius 3 is 2.52 bits per heavy atom. The number of ether oxygens (including phenoxy) is 1. The highest BCUT2D eigenvalue weighted by atomic mass is 16.5. The minimum atomic E-state index is -0.537. The molecular formula is C17H21N3O3. The number of nitrogens with zero attached hydrogens (tertiary/aromatic N) is 3. The van der Waals surface area contributed by atoms with Gasteiger partial charge in [-0.25, -0.2) is 4.79 Å². The van der Waals surface area contributed by atoms with Crippen molar-refractivity contribution in [1.29, 1.82) is 0 Å². The van der Waals surface area contributed by atoms with E-state index in [1.165, 1.54) is 6.20 Å². The predicted octanol–water partition coefficient (Wildman–Crippen LogP) is 2.10. The first-order chi connectivity index (χ1) is 10.9. The van der Waals surface area contributed by atoms with Crippen LogP contribution in [0.25, 0.3) is 0 Å². The van der Waals surface area contributed by atoms with Crippen molar-refractivity contribution in [2.45, 2.75) is 19.9 Å². The largest absolute Gasteiger partial charge is 0.452 e. The Labute approximate surface area is 135 Å². The van der Waals surface area contributed by atoms with Crippen LogP contribution in [0.1, 0.15) is 34.6 Å². The number of hydrogen-bond acceptors (Lipinski definition) is 4. The molecule has 6 nitrogen and oxygen atoms in total. The third-order valence-electron chi connectivity index (χ3n) is 4.04. The van der Waals surface area contributed by atoms with E-state index in [1.807, 2.05) is 37.3 Å². The van der Waals surface area contributed by atoms with Crippen LogP contribution in [-0.4, -0.2) is 40.2 Å². The lowest BCUT2D eigenvalue weighted by molar-refractivity contribution is -0.135. The van der Waals surface area contributed by atoms with Gasteiger partial charge in [-0.2, -0.15) is 5.10 Å². The maximum absolute atomic E-state index is 12.2. The van der Waals surface area contributed by atoms with Crippen LogP contribution >= 0.6 is 0 Å². The van der Waals surface area contributed by atoms with E-state index in [4.69, 9.17) is 4.74 Å². The second kappa shape index (κ2) is 7.09. The number of rotatable bonds is 5. The van der Waals surface area contributed by atoms with Crippen LogP contribution in [0.15, 0.2) is 36.5 Å². The monoisotopic (exact) mass is 315 g/mol. The van der Waals surface area contributed by atoms with E-state index >= 15 is 0 Å². The third-order valence-corrected chi connectivity index (χ3v) is 4.04. The molecule has 0 radical (unpaired) electrons. The maximum atomic E-state index is 12.2. The first-order valence-corrected chi connectivity index (χ1v) is 7.38. The summed E-state index contributed by atoms with van der Waals surface area (Å²) in [6.07, 6.45) is 1.44. The maximum Gasteiger partial charge on any atom is 0.342 e. The molecule has 0 unspecified atom stereocenters. The van der Waals surface area contributed by atoms with Crippen molar-refractivity contribution in [3.63, 3.8) is 0 Å². The van der Waals surface area contributed by atoms with Gasteiger partial charge < -0.3 is 9.64 Å². The van der Waals surface area contributed by atoms with Crippen molar-refractivity contribution in [3.8, 4) is 0 Å². The van der Waals surface area contributed by atoms with Crippen LogP contribution < -0.4 is 0 Å². The zero-order chi connectivity index (χ0) is 17.0. The van der Waals surface area contributed by atoms with Crippen molar-refractivity contribution < 1.29 is 14.3 Å². The average Bonchev–Trinajstić information content (AvgIpc) is 2.91. The second-order valence-corrected chi connectivity index (χ2v) is 5.43. The molecule has 1 aromatic carbocycles. The van der Waals surface area contributed by atoms with Crippen LogP contribution in [0, 0.1) is 6.92 Å². The van der Waals surface area contributed by atoms with E-state index in [-0.39, 0.29) is 18.6 Å². The Hall–Kier alpha value is -2.63. The fraction of sp³-hybridized carbons (Fsp3) is 0.353. The minimum absolute atomic E-state index is 0.0949. The van der Waals surface area contributed by atoms with Gasteiger partial charge in [0, 0.05) is 19.8 Å². The van der Waals surface area contributed by atoms with Crippen molar-refractivity contribution >= 4 is 11.9 Å². The Balaban J connectivity index is 1.94. The Kier molecular flexibility index (Phi) is 5.16. The van der Waals surface area contributed by atoms with Crippen molar-refractivity contribution in [2.24, 2.45) is 7.05 Å². The number of carbonyl (C=O) groups excluding carboxylic acids is 2. The van der Waals surface area contributed by atoms with Gasteiger partial charge in [0.15, 0.2) is 6.61 Å². The summed E-state index contributed by atoms with van der Waals surface area (Å²) in [5.74, 6) is -0.791. The molecule has 0 spiro atoms. The molecule has 122 valence electrons. The minimum Gasteiger partial charge on any atom is -0.452 e. The Bertz CT molecular complexity index is 694. The fourth-order valence-corrected chi connectivity index (χ4v) is 2.18. The molecule has 0 aliphatic rings. The summed E-state index contributed by atoms with van der Waals surface area (Å²) in [6, 6.07) is 9.60. The van der Waals surface area contributed by atoms with Gasteiger partial charge in [-0.1, -0.05) is 30.3 Å². The topological polar surface area (TPSA) is 64.4 Å². The molecule has 0 N–H and O–H groups in total. The summed E-state index contributed by atoms with van der Waals surface area (Å²) in [7, 11) is 3.44.